The molecule has 2 aromatic heterocycles. The van der Waals surface area contributed by atoms with E-state index >= 15 is 0 Å². The summed E-state index contributed by atoms with van der Waals surface area (Å²) < 4.78 is 1.78. The number of aromatic nitrogens is 4. The summed E-state index contributed by atoms with van der Waals surface area (Å²) in [6.45, 7) is 4.56. The van der Waals surface area contributed by atoms with Crippen LogP contribution >= 0.6 is 11.6 Å². The molecule has 2 aromatic rings. The van der Waals surface area contributed by atoms with Gasteiger partial charge in [0.1, 0.15) is 17.3 Å². The number of anilines is 1. The zero-order valence-corrected chi connectivity index (χ0v) is 12.0. The van der Waals surface area contributed by atoms with Crippen LogP contribution in [0.5, 0.6) is 0 Å². The van der Waals surface area contributed by atoms with Crippen LogP contribution in [0.3, 0.4) is 0 Å². The Morgan fingerprint density at radius 2 is 2.05 bits per heavy atom. The van der Waals surface area contributed by atoms with Crippen molar-refractivity contribution in [3.63, 3.8) is 0 Å². The summed E-state index contributed by atoms with van der Waals surface area (Å²) in [6, 6.07) is 2.54. The summed E-state index contributed by atoms with van der Waals surface area (Å²) in [5.41, 5.74) is 0. The average Bonchev–Trinajstić information content (AvgIpc) is 3.18. The lowest BCUT2D eigenvalue weighted by molar-refractivity contribution is 0.260. The van der Waals surface area contributed by atoms with E-state index in [1.165, 1.54) is 38.7 Å². The van der Waals surface area contributed by atoms with Crippen molar-refractivity contribution in [2.24, 2.45) is 0 Å². The van der Waals surface area contributed by atoms with Crippen LogP contribution in [-0.2, 0) is 0 Å². The van der Waals surface area contributed by atoms with Crippen LogP contribution < -0.4 is 4.90 Å². The van der Waals surface area contributed by atoms with Gasteiger partial charge in [-0.05, 0) is 32.4 Å². The topological polar surface area (TPSA) is 49.6 Å². The Balaban J connectivity index is 1.62. The first-order chi connectivity index (χ1) is 9.81. The van der Waals surface area contributed by atoms with E-state index in [1.54, 1.807) is 4.52 Å². The molecule has 2 aliphatic heterocycles. The fraction of sp³-hybridized carbons (Fsp3) is 0.615. The minimum Gasteiger partial charge on any atom is -0.355 e. The second-order valence-electron chi connectivity index (χ2n) is 5.54. The Bertz CT molecular complexity index is 620. The number of halogens is 1. The summed E-state index contributed by atoms with van der Waals surface area (Å²) in [4.78, 5) is 13.3. The maximum Gasteiger partial charge on any atom is 0.255 e. The van der Waals surface area contributed by atoms with E-state index in [-0.39, 0.29) is 0 Å². The quantitative estimate of drug-likeness (QED) is 0.784. The maximum absolute atomic E-state index is 6.09. The number of rotatable bonds is 2. The predicted octanol–water partition coefficient (Wildman–Crippen LogP) is 1.45. The van der Waals surface area contributed by atoms with Crippen molar-refractivity contribution in [2.45, 2.75) is 25.3 Å². The van der Waals surface area contributed by atoms with Crippen molar-refractivity contribution < 1.29 is 0 Å². The van der Waals surface area contributed by atoms with E-state index < -0.39 is 0 Å². The normalized spacial score (nSPS) is 24.1. The smallest absolute Gasteiger partial charge is 0.255 e. The van der Waals surface area contributed by atoms with Gasteiger partial charge in [0.2, 0.25) is 0 Å². The second-order valence-corrected chi connectivity index (χ2v) is 5.93. The molecule has 2 saturated heterocycles. The number of hydrogen-bond donors (Lipinski definition) is 0. The number of nitrogens with zero attached hydrogens (tertiary/aromatic N) is 6. The fourth-order valence-electron chi connectivity index (χ4n) is 3.35. The molecule has 1 unspecified atom stereocenters. The van der Waals surface area contributed by atoms with E-state index in [9.17, 15) is 0 Å². The first kappa shape index (κ1) is 12.3. The van der Waals surface area contributed by atoms with Gasteiger partial charge in [-0.15, -0.1) is 0 Å². The molecule has 0 bridgehead atoms. The van der Waals surface area contributed by atoms with Gasteiger partial charge in [-0.3, -0.25) is 4.90 Å². The largest absolute Gasteiger partial charge is 0.355 e. The third-order valence-corrected chi connectivity index (χ3v) is 4.54. The highest BCUT2D eigenvalue weighted by molar-refractivity contribution is 6.29. The van der Waals surface area contributed by atoms with Gasteiger partial charge >= 0.3 is 0 Å². The lowest BCUT2D eigenvalue weighted by Crippen LogP contribution is -2.35. The van der Waals surface area contributed by atoms with Crippen LogP contribution in [0.4, 0.5) is 5.82 Å². The lowest BCUT2D eigenvalue weighted by Gasteiger charge is -2.24. The first-order valence-corrected chi connectivity index (χ1v) is 7.54. The molecule has 4 heterocycles. The van der Waals surface area contributed by atoms with E-state index in [4.69, 9.17) is 11.6 Å². The summed E-state index contributed by atoms with van der Waals surface area (Å²) >= 11 is 6.09. The van der Waals surface area contributed by atoms with Crippen LogP contribution in [0.2, 0.25) is 5.15 Å². The highest BCUT2D eigenvalue weighted by atomic mass is 35.5. The molecule has 2 aliphatic rings. The fourth-order valence-corrected chi connectivity index (χ4v) is 3.52. The van der Waals surface area contributed by atoms with E-state index in [1.807, 2.05) is 6.07 Å². The van der Waals surface area contributed by atoms with Gasteiger partial charge in [0.15, 0.2) is 0 Å². The summed E-state index contributed by atoms with van der Waals surface area (Å²) in [5, 5.41) is 4.73. The van der Waals surface area contributed by atoms with Crippen LogP contribution in [0.25, 0.3) is 5.78 Å². The Hall–Kier alpha value is -1.40. The molecule has 0 aliphatic carbocycles. The average molecular weight is 293 g/mol. The second kappa shape index (κ2) is 4.86. The molecule has 2 fully saturated rings. The van der Waals surface area contributed by atoms with Crippen LogP contribution in [0.15, 0.2) is 12.4 Å². The van der Waals surface area contributed by atoms with Gasteiger partial charge in [-0.2, -0.15) is 19.6 Å². The minimum absolute atomic E-state index is 0.477. The molecule has 0 amide bonds. The zero-order valence-electron chi connectivity index (χ0n) is 11.2. The third-order valence-electron chi connectivity index (χ3n) is 4.35. The Labute approximate surface area is 122 Å². The SMILES string of the molecule is Clc1cc(N2CCC(N3CCCC3)C2)n2ncnc2n1. The van der Waals surface area contributed by atoms with Crippen LogP contribution in [-0.4, -0.2) is 56.7 Å². The number of fused-ring (bicyclic) bond motifs is 1. The van der Waals surface area contributed by atoms with Gasteiger partial charge in [0, 0.05) is 25.2 Å². The molecule has 0 N–H and O–H groups in total. The van der Waals surface area contributed by atoms with Crippen molar-refractivity contribution in [1.29, 1.82) is 0 Å². The van der Waals surface area contributed by atoms with Crippen molar-refractivity contribution in [2.75, 3.05) is 31.1 Å². The summed E-state index contributed by atoms with van der Waals surface area (Å²) in [5.74, 6) is 1.57. The third kappa shape index (κ3) is 2.03. The summed E-state index contributed by atoms with van der Waals surface area (Å²) in [7, 11) is 0. The molecule has 0 aromatic carbocycles. The predicted molar refractivity (Wildman–Crippen MR) is 77.2 cm³/mol. The molecule has 20 heavy (non-hydrogen) atoms. The monoisotopic (exact) mass is 292 g/mol. The minimum atomic E-state index is 0.477. The summed E-state index contributed by atoms with van der Waals surface area (Å²) in [6.07, 6.45) is 5.40. The molecule has 0 radical (unpaired) electrons. The van der Waals surface area contributed by atoms with E-state index in [0.29, 0.717) is 17.0 Å². The van der Waals surface area contributed by atoms with Crippen molar-refractivity contribution in [3.05, 3.63) is 17.5 Å². The van der Waals surface area contributed by atoms with Crippen LogP contribution in [0, 0.1) is 0 Å². The zero-order chi connectivity index (χ0) is 13.5. The van der Waals surface area contributed by atoms with Crippen molar-refractivity contribution in [1.82, 2.24) is 24.5 Å². The highest BCUT2D eigenvalue weighted by Crippen LogP contribution is 2.26. The van der Waals surface area contributed by atoms with E-state index in [2.05, 4.69) is 24.9 Å². The van der Waals surface area contributed by atoms with Crippen LogP contribution in [0.1, 0.15) is 19.3 Å². The number of hydrogen-bond acceptors (Lipinski definition) is 5. The molecule has 6 nitrogen and oxygen atoms in total. The first-order valence-electron chi connectivity index (χ1n) is 7.16. The van der Waals surface area contributed by atoms with Gasteiger partial charge in [0.05, 0.1) is 0 Å². The lowest BCUT2D eigenvalue weighted by atomic mass is 10.2. The van der Waals surface area contributed by atoms with Crippen molar-refractivity contribution in [3.8, 4) is 0 Å². The molecular weight excluding hydrogens is 276 g/mol. The molecular formula is C13H17ClN6. The molecule has 1 atom stereocenters. The highest BCUT2D eigenvalue weighted by Gasteiger charge is 2.30. The molecule has 0 saturated carbocycles. The van der Waals surface area contributed by atoms with Crippen molar-refractivity contribution >= 4 is 23.2 Å². The van der Waals surface area contributed by atoms with Gasteiger partial charge in [0.25, 0.3) is 5.78 Å². The van der Waals surface area contributed by atoms with E-state index in [0.717, 1.165) is 18.9 Å². The standard InChI is InChI=1S/C13H17ClN6/c14-11-7-12(20-13(17-11)15-9-16-20)19-6-3-10(8-19)18-4-1-2-5-18/h7,9-10H,1-6,8H2. The van der Waals surface area contributed by atoms with Gasteiger partial charge in [-0.25, -0.2) is 0 Å². The number of likely N-dealkylation sites (tertiary alicyclic amines) is 1. The van der Waals surface area contributed by atoms with Gasteiger partial charge in [-0.1, -0.05) is 11.6 Å². The molecule has 4 rings (SSSR count). The molecule has 106 valence electrons. The molecule has 7 heteroatoms. The Kier molecular flexibility index (Phi) is 3.00. The maximum atomic E-state index is 6.09. The Morgan fingerprint density at radius 3 is 2.90 bits per heavy atom. The molecule has 0 spiro atoms. The van der Waals surface area contributed by atoms with Gasteiger partial charge < -0.3 is 4.90 Å². The Morgan fingerprint density at radius 1 is 1.20 bits per heavy atom.